The van der Waals surface area contributed by atoms with Gasteiger partial charge in [-0.05, 0) is 41.7 Å². The van der Waals surface area contributed by atoms with Crippen LogP contribution in [0.5, 0.6) is 0 Å². The Balaban J connectivity index is 0.00000337. The van der Waals surface area contributed by atoms with Gasteiger partial charge in [0.05, 0.1) is 12.7 Å². The smallest absolute Gasteiger partial charge is 0.326 e. The molecule has 3 aromatic rings. The van der Waals surface area contributed by atoms with Crippen LogP contribution in [0.1, 0.15) is 92.5 Å². The Kier molecular flexibility index (Phi) is 21.6. The lowest BCUT2D eigenvalue weighted by molar-refractivity contribution is -0.142. The van der Waals surface area contributed by atoms with Crippen molar-refractivity contribution in [2.24, 2.45) is 17.8 Å². The number of aromatic nitrogens is 3. The Morgan fingerprint density at radius 3 is 1.64 bits per heavy atom. The number of para-hydroxylation sites is 1. The molecule has 0 aliphatic heterocycles. The summed E-state index contributed by atoms with van der Waals surface area (Å²) in [6.07, 6.45) is 2.80. The van der Waals surface area contributed by atoms with Crippen molar-refractivity contribution in [1.29, 1.82) is 0 Å². The first-order valence-corrected chi connectivity index (χ1v) is 21.0. The van der Waals surface area contributed by atoms with Crippen molar-refractivity contribution in [2.45, 2.75) is 130 Å². The summed E-state index contributed by atoms with van der Waals surface area (Å²) in [5.41, 5.74) is 1.91. The number of aliphatic carboxylic acids is 3. The molecule has 0 saturated heterocycles. The number of benzene rings is 1. The molecule has 64 heavy (non-hydrogen) atoms. The summed E-state index contributed by atoms with van der Waals surface area (Å²) in [4.78, 5) is 124. The Hall–Kier alpha value is -6.80. The third kappa shape index (κ3) is 17.9. The number of nitrogens with one attached hydrogen (secondary N) is 8. The van der Waals surface area contributed by atoms with E-state index in [9.17, 15) is 48.6 Å². The minimum atomic E-state index is -1.70. The fourth-order valence-corrected chi connectivity index (χ4v) is 6.53. The molecule has 0 aliphatic carbocycles. The zero-order chi connectivity index (χ0) is 48.3. The lowest BCUT2D eigenvalue weighted by atomic mass is 9.94. The van der Waals surface area contributed by atoms with E-state index in [4.69, 9.17) is 9.90 Å². The number of aromatic amines is 2. The van der Waals surface area contributed by atoms with Crippen LogP contribution in [0.3, 0.4) is 0 Å². The van der Waals surface area contributed by atoms with Crippen molar-refractivity contribution in [3.8, 4) is 0 Å². The van der Waals surface area contributed by atoms with Crippen LogP contribution in [0.2, 0.25) is 0 Å². The van der Waals surface area contributed by atoms with Gasteiger partial charge < -0.3 is 57.2 Å². The average molecular weight is 898 g/mol. The molecule has 6 amide bonds. The molecule has 0 saturated carbocycles. The lowest BCUT2D eigenvalue weighted by Gasteiger charge is -2.30. The molecule has 11 N–H and O–H groups in total. The van der Waals surface area contributed by atoms with Crippen LogP contribution >= 0.6 is 0 Å². The van der Waals surface area contributed by atoms with Crippen LogP contribution in [-0.2, 0) is 56.0 Å². The fraction of sp³-hybridized carbons (Fsp3) is 0.535. The SMILES string of the molecule is CC(=O)O.CCC(C)C(NC(=O)C(CC(=O)O)NC(=O)C(CC(C)C)NC(=O)C(Cc1cnc[nH]1)NC(C)=O)C(=O)NC(C(=O)NC(Cc1cc2ccccc2[nH]1)C(=O)O)C(C)CC. The number of carboxylic acid groups (broad SMARTS) is 3. The van der Waals surface area contributed by atoms with Gasteiger partial charge in [-0.15, -0.1) is 0 Å². The lowest BCUT2D eigenvalue weighted by Crippen LogP contribution is -2.61. The maximum Gasteiger partial charge on any atom is 0.326 e. The van der Waals surface area contributed by atoms with Gasteiger partial charge in [-0.2, -0.15) is 0 Å². The van der Waals surface area contributed by atoms with Gasteiger partial charge in [-0.25, -0.2) is 9.78 Å². The van der Waals surface area contributed by atoms with Gasteiger partial charge in [0.25, 0.3) is 5.97 Å². The van der Waals surface area contributed by atoms with Gasteiger partial charge >= 0.3 is 11.9 Å². The fourth-order valence-electron chi connectivity index (χ4n) is 6.53. The predicted molar refractivity (Wildman–Crippen MR) is 233 cm³/mol. The van der Waals surface area contributed by atoms with Crippen LogP contribution in [0.15, 0.2) is 42.9 Å². The number of carbonyl (C=O) groups is 9. The summed E-state index contributed by atoms with van der Waals surface area (Å²) in [6, 6.07) is 1.22. The molecule has 0 radical (unpaired) electrons. The van der Waals surface area contributed by atoms with Gasteiger partial charge in [-0.3, -0.25) is 38.4 Å². The molecule has 3 rings (SSSR count). The standard InChI is InChI=1S/C41H59N9O10.C2H4O2/c1-8-22(5)34(39(57)48-32(41(59)60)16-26-15-25-12-10-11-13-28(25)45-26)50-40(58)35(23(6)9-2)49-38(56)31(18-33(52)53)47-36(54)29(14-21(3)4)46-37(55)30(44-24(7)51)17-27-19-42-20-43-27;1-2(3)4/h10-13,15,19-23,29-32,34-35,45H,8-9,14,16-18H2,1-7H3,(H,42,43)(H,44,51)(H,46,55)(H,47,54)(H,48,57)(H,49,56)(H,50,58)(H,52,53)(H,59,60);1H3,(H,3,4). The number of fused-ring (bicyclic) bond motifs is 1. The second-order valence-corrected chi connectivity index (χ2v) is 16.1. The van der Waals surface area contributed by atoms with Crippen molar-refractivity contribution in [1.82, 2.24) is 46.9 Å². The molecule has 8 atom stereocenters. The number of H-pyrrole nitrogens is 2. The zero-order valence-corrected chi connectivity index (χ0v) is 37.4. The Bertz CT molecular complexity index is 2030. The molecular weight excluding hydrogens is 835 g/mol. The Morgan fingerprint density at radius 1 is 0.641 bits per heavy atom. The van der Waals surface area contributed by atoms with E-state index in [1.807, 2.05) is 24.3 Å². The molecule has 2 aromatic heterocycles. The Labute approximate surface area is 371 Å². The molecule has 8 unspecified atom stereocenters. The maximum atomic E-state index is 14.0. The molecule has 21 heteroatoms. The second-order valence-electron chi connectivity index (χ2n) is 16.1. The Morgan fingerprint density at radius 2 is 1.14 bits per heavy atom. The molecule has 352 valence electrons. The highest BCUT2D eigenvalue weighted by Crippen LogP contribution is 2.17. The van der Waals surface area contributed by atoms with Crippen LogP contribution in [0, 0.1) is 17.8 Å². The highest BCUT2D eigenvalue weighted by molar-refractivity contribution is 5.98. The molecule has 21 nitrogen and oxygen atoms in total. The zero-order valence-electron chi connectivity index (χ0n) is 37.4. The van der Waals surface area contributed by atoms with Crippen LogP contribution in [0.25, 0.3) is 10.9 Å². The molecule has 0 aliphatic rings. The number of amides is 6. The summed E-state index contributed by atoms with van der Waals surface area (Å²) in [5.74, 6) is -9.39. The van der Waals surface area contributed by atoms with E-state index < -0.39 is 108 Å². The number of hydrogen-bond acceptors (Lipinski definition) is 10. The number of carboxylic acids is 3. The molecule has 1 aromatic carbocycles. The third-order valence-electron chi connectivity index (χ3n) is 10.2. The van der Waals surface area contributed by atoms with E-state index in [-0.39, 0.29) is 25.2 Å². The maximum absolute atomic E-state index is 14.0. The van der Waals surface area contributed by atoms with E-state index in [2.05, 4.69) is 46.9 Å². The molecule has 0 fully saturated rings. The number of imidazole rings is 1. The van der Waals surface area contributed by atoms with Crippen LogP contribution in [-0.4, -0.2) is 120 Å². The summed E-state index contributed by atoms with van der Waals surface area (Å²) >= 11 is 0. The van der Waals surface area contributed by atoms with Gasteiger partial charge in [0.15, 0.2) is 0 Å². The quantitative estimate of drug-likeness (QED) is 0.0607. The minimum Gasteiger partial charge on any atom is -0.481 e. The normalized spacial score (nSPS) is 14.7. The van der Waals surface area contributed by atoms with Crippen molar-refractivity contribution in [2.75, 3.05) is 0 Å². The van der Waals surface area contributed by atoms with Gasteiger partial charge in [0.1, 0.15) is 36.3 Å². The number of rotatable bonds is 24. The van der Waals surface area contributed by atoms with Crippen molar-refractivity contribution in [3.63, 3.8) is 0 Å². The van der Waals surface area contributed by atoms with E-state index in [0.717, 1.165) is 17.8 Å². The molecule has 2 heterocycles. The largest absolute Gasteiger partial charge is 0.481 e. The van der Waals surface area contributed by atoms with Crippen LogP contribution < -0.4 is 31.9 Å². The van der Waals surface area contributed by atoms with Crippen molar-refractivity contribution < 1.29 is 58.5 Å². The first-order valence-electron chi connectivity index (χ1n) is 21.0. The number of hydrogen-bond donors (Lipinski definition) is 11. The average Bonchev–Trinajstić information content (AvgIpc) is 3.89. The van der Waals surface area contributed by atoms with E-state index >= 15 is 0 Å². The molecule has 0 bridgehead atoms. The minimum absolute atomic E-state index is 0.0231. The third-order valence-corrected chi connectivity index (χ3v) is 10.2. The van der Waals surface area contributed by atoms with E-state index in [0.29, 0.717) is 24.2 Å². The number of nitrogens with zero attached hydrogens (tertiary/aromatic N) is 1. The van der Waals surface area contributed by atoms with Crippen LogP contribution in [0.4, 0.5) is 0 Å². The first kappa shape index (κ1) is 53.3. The monoisotopic (exact) mass is 897 g/mol. The summed E-state index contributed by atoms with van der Waals surface area (Å²) in [6.45, 7) is 12.8. The number of carbonyl (C=O) groups excluding carboxylic acids is 6. The molecule has 0 spiro atoms. The highest BCUT2D eigenvalue weighted by Gasteiger charge is 2.37. The topological polar surface area (TPSA) is 331 Å². The van der Waals surface area contributed by atoms with E-state index in [1.54, 1.807) is 47.6 Å². The molecular formula is C43H63N9O12. The summed E-state index contributed by atoms with van der Waals surface area (Å²) in [7, 11) is 0. The van der Waals surface area contributed by atoms with Crippen molar-refractivity contribution in [3.05, 3.63) is 54.2 Å². The van der Waals surface area contributed by atoms with Gasteiger partial charge in [0.2, 0.25) is 35.4 Å². The summed E-state index contributed by atoms with van der Waals surface area (Å²) in [5, 5.41) is 43.5. The summed E-state index contributed by atoms with van der Waals surface area (Å²) < 4.78 is 0. The van der Waals surface area contributed by atoms with Crippen molar-refractivity contribution >= 4 is 64.3 Å². The highest BCUT2D eigenvalue weighted by atomic mass is 16.4. The first-order chi connectivity index (χ1) is 30.1. The van der Waals surface area contributed by atoms with Gasteiger partial charge in [0, 0.05) is 49.8 Å². The van der Waals surface area contributed by atoms with E-state index in [1.165, 1.54) is 19.4 Å². The second kappa shape index (κ2) is 26.0. The van der Waals surface area contributed by atoms with Gasteiger partial charge in [-0.1, -0.05) is 72.6 Å². The predicted octanol–water partition coefficient (Wildman–Crippen LogP) is 1.39.